The number of methoxy groups -OCH3 is 1. The quantitative estimate of drug-likeness (QED) is 0.848. The molecule has 1 aromatic heterocycles. The number of nitrogens with one attached hydrogen (secondary N) is 1. The fourth-order valence-electron chi connectivity index (χ4n) is 3.44. The van der Waals surface area contributed by atoms with Crippen LogP contribution in [0.1, 0.15) is 29.9 Å². The molecule has 1 saturated heterocycles. The van der Waals surface area contributed by atoms with Crippen LogP contribution in [0.5, 0.6) is 5.75 Å². The first-order valence-corrected chi connectivity index (χ1v) is 9.33. The van der Waals surface area contributed by atoms with Crippen LogP contribution in [0.25, 0.3) is 0 Å². The van der Waals surface area contributed by atoms with Crippen molar-refractivity contribution in [3.8, 4) is 5.75 Å². The zero-order chi connectivity index (χ0) is 19.2. The van der Waals surface area contributed by atoms with Gasteiger partial charge in [0, 0.05) is 31.5 Å². The molecule has 1 amide bonds. The lowest BCUT2D eigenvalue weighted by atomic mass is 10.1. The van der Waals surface area contributed by atoms with Crippen molar-refractivity contribution in [3.05, 3.63) is 53.9 Å². The highest BCUT2D eigenvalue weighted by Crippen LogP contribution is 2.21. The normalized spacial score (nSPS) is 19.6. The summed E-state index contributed by atoms with van der Waals surface area (Å²) < 4.78 is 11.1. The Kier molecular flexibility index (Phi) is 6.29. The molecule has 3 rings (SSSR count). The van der Waals surface area contributed by atoms with Crippen LogP contribution < -0.4 is 15.0 Å². The van der Waals surface area contributed by atoms with Crippen LogP contribution in [-0.2, 0) is 11.2 Å². The SMILES string of the molecule is COc1ccccc1CCNC(=O)c1cc(N2C[C@@H](C)O[C@@H](C)C2)ccn1. The van der Waals surface area contributed by atoms with Gasteiger partial charge in [-0.15, -0.1) is 0 Å². The molecule has 6 heteroatoms. The molecule has 0 radical (unpaired) electrons. The van der Waals surface area contributed by atoms with E-state index in [1.54, 1.807) is 13.3 Å². The molecule has 2 atom stereocenters. The number of rotatable bonds is 6. The Hall–Kier alpha value is -2.60. The summed E-state index contributed by atoms with van der Waals surface area (Å²) >= 11 is 0. The Morgan fingerprint density at radius 2 is 2.00 bits per heavy atom. The zero-order valence-electron chi connectivity index (χ0n) is 16.1. The van der Waals surface area contributed by atoms with Gasteiger partial charge in [0.1, 0.15) is 11.4 Å². The predicted molar refractivity (Wildman–Crippen MR) is 105 cm³/mol. The first-order chi connectivity index (χ1) is 13.1. The fraction of sp³-hybridized carbons (Fsp3) is 0.429. The number of benzene rings is 1. The number of nitrogens with zero attached hydrogens (tertiary/aromatic N) is 2. The lowest BCUT2D eigenvalue weighted by Crippen LogP contribution is -2.45. The van der Waals surface area contributed by atoms with Gasteiger partial charge in [-0.3, -0.25) is 9.78 Å². The van der Waals surface area contributed by atoms with Gasteiger partial charge in [0.15, 0.2) is 0 Å². The van der Waals surface area contributed by atoms with E-state index in [0.29, 0.717) is 18.7 Å². The first-order valence-electron chi connectivity index (χ1n) is 9.33. The van der Waals surface area contributed by atoms with Gasteiger partial charge in [-0.05, 0) is 44.0 Å². The summed E-state index contributed by atoms with van der Waals surface area (Å²) in [4.78, 5) is 19.0. The number of para-hydroxylation sites is 1. The minimum absolute atomic E-state index is 0.166. The standard InChI is InChI=1S/C21H27N3O3/c1-15-13-24(14-16(2)27-15)18-9-11-22-19(12-18)21(25)23-10-8-17-6-4-5-7-20(17)26-3/h4-7,9,11-12,15-16H,8,10,13-14H2,1-3H3,(H,23,25)/t15-,16+. The van der Waals surface area contributed by atoms with Crippen molar-refractivity contribution >= 4 is 11.6 Å². The molecule has 27 heavy (non-hydrogen) atoms. The van der Waals surface area contributed by atoms with Crippen molar-refractivity contribution in [3.63, 3.8) is 0 Å². The van der Waals surface area contributed by atoms with Crippen LogP contribution in [0.3, 0.4) is 0 Å². The van der Waals surface area contributed by atoms with E-state index >= 15 is 0 Å². The molecule has 0 bridgehead atoms. The van der Waals surface area contributed by atoms with Crippen molar-refractivity contribution in [2.24, 2.45) is 0 Å². The smallest absolute Gasteiger partial charge is 0.269 e. The Morgan fingerprint density at radius 3 is 2.74 bits per heavy atom. The van der Waals surface area contributed by atoms with Crippen LogP contribution in [0.2, 0.25) is 0 Å². The molecule has 144 valence electrons. The van der Waals surface area contributed by atoms with E-state index in [9.17, 15) is 4.79 Å². The lowest BCUT2D eigenvalue weighted by Gasteiger charge is -2.36. The van der Waals surface area contributed by atoms with Crippen molar-refractivity contribution in [1.29, 1.82) is 0 Å². The summed E-state index contributed by atoms with van der Waals surface area (Å²) in [6.45, 7) is 6.27. The number of carbonyl (C=O) groups is 1. The van der Waals surface area contributed by atoms with Crippen molar-refractivity contribution in [2.75, 3.05) is 31.6 Å². The van der Waals surface area contributed by atoms with Crippen LogP contribution in [0.4, 0.5) is 5.69 Å². The summed E-state index contributed by atoms with van der Waals surface area (Å²) in [6, 6.07) is 11.6. The van der Waals surface area contributed by atoms with Crippen LogP contribution in [0, 0.1) is 0 Å². The van der Waals surface area contributed by atoms with Gasteiger partial charge in [-0.1, -0.05) is 18.2 Å². The Labute approximate surface area is 160 Å². The largest absolute Gasteiger partial charge is 0.496 e. The maximum absolute atomic E-state index is 12.5. The predicted octanol–water partition coefficient (Wildman–Crippen LogP) is 2.68. The van der Waals surface area contributed by atoms with Crippen molar-refractivity contribution < 1.29 is 14.3 Å². The zero-order valence-corrected chi connectivity index (χ0v) is 16.1. The van der Waals surface area contributed by atoms with E-state index in [2.05, 4.69) is 29.0 Å². The molecule has 1 aromatic carbocycles. The van der Waals surface area contributed by atoms with Crippen LogP contribution in [-0.4, -0.2) is 49.8 Å². The molecule has 2 aromatic rings. The molecule has 1 aliphatic heterocycles. The Bertz CT molecular complexity index is 771. The second kappa shape index (κ2) is 8.86. The van der Waals surface area contributed by atoms with Gasteiger partial charge in [-0.2, -0.15) is 0 Å². The van der Waals surface area contributed by atoms with Crippen molar-refractivity contribution in [2.45, 2.75) is 32.5 Å². The van der Waals surface area contributed by atoms with E-state index in [-0.39, 0.29) is 18.1 Å². The van der Waals surface area contributed by atoms with E-state index in [1.165, 1.54) is 0 Å². The molecule has 6 nitrogen and oxygen atoms in total. The van der Waals surface area contributed by atoms with Crippen LogP contribution in [0.15, 0.2) is 42.6 Å². The number of morpholine rings is 1. The number of amides is 1. The van der Waals surface area contributed by atoms with Crippen molar-refractivity contribution in [1.82, 2.24) is 10.3 Å². The van der Waals surface area contributed by atoms with E-state index in [0.717, 1.165) is 30.1 Å². The number of hydrogen-bond acceptors (Lipinski definition) is 5. The summed E-state index contributed by atoms with van der Waals surface area (Å²) in [5, 5.41) is 2.95. The average molecular weight is 369 g/mol. The number of anilines is 1. The first kappa shape index (κ1) is 19.2. The summed E-state index contributed by atoms with van der Waals surface area (Å²) in [5.74, 6) is 0.670. The third kappa shape index (κ3) is 4.98. The fourth-order valence-corrected chi connectivity index (χ4v) is 3.44. The Balaban J connectivity index is 1.60. The topological polar surface area (TPSA) is 63.7 Å². The third-order valence-electron chi connectivity index (χ3n) is 4.63. The lowest BCUT2D eigenvalue weighted by molar-refractivity contribution is -0.00522. The second-order valence-corrected chi connectivity index (χ2v) is 6.88. The number of pyridine rings is 1. The van der Waals surface area contributed by atoms with Gasteiger partial charge < -0.3 is 19.7 Å². The molecule has 0 spiro atoms. The monoisotopic (exact) mass is 369 g/mol. The molecule has 1 fully saturated rings. The maximum atomic E-state index is 12.5. The molecular formula is C21H27N3O3. The molecule has 0 saturated carbocycles. The highest BCUT2D eigenvalue weighted by molar-refractivity contribution is 5.93. The van der Waals surface area contributed by atoms with E-state index in [1.807, 2.05) is 36.4 Å². The maximum Gasteiger partial charge on any atom is 0.269 e. The summed E-state index contributed by atoms with van der Waals surface area (Å²) in [5.41, 5.74) is 2.50. The number of ether oxygens (including phenoxy) is 2. The highest BCUT2D eigenvalue weighted by atomic mass is 16.5. The van der Waals surface area contributed by atoms with Gasteiger partial charge >= 0.3 is 0 Å². The highest BCUT2D eigenvalue weighted by Gasteiger charge is 2.23. The summed E-state index contributed by atoms with van der Waals surface area (Å²) in [6.07, 6.45) is 2.73. The van der Waals surface area contributed by atoms with Gasteiger partial charge in [-0.25, -0.2) is 0 Å². The average Bonchev–Trinajstić information content (AvgIpc) is 2.67. The van der Waals surface area contributed by atoms with Gasteiger partial charge in [0.05, 0.1) is 19.3 Å². The second-order valence-electron chi connectivity index (χ2n) is 6.88. The molecule has 2 heterocycles. The minimum atomic E-state index is -0.166. The number of aromatic nitrogens is 1. The van der Waals surface area contributed by atoms with E-state index in [4.69, 9.17) is 9.47 Å². The third-order valence-corrected chi connectivity index (χ3v) is 4.63. The minimum Gasteiger partial charge on any atom is -0.496 e. The van der Waals surface area contributed by atoms with Gasteiger partial charge in [0.2, 0.25) is 0 Å². The number of carbonyl (C=O) groups excluding carboxylic acids is 1. The van der Waals surface area contributed by atoms with Gasteiger partial charge in [0.25, 0.3) is 5.91 Å². The molecule has 1 aliphatic rings. The van der Waals surface area contributed by atoms with E-state index < -0.39 is 0 Å². The molecular weight excluding hydrogens is 342 g/mol. The molecule has 1 N–H and O–H groups in total. The number of hydrogen-bond donors (Lipinski definition) is 1. The van der Waals surface area contributed by atoms with Crippen LogP contribution >= 0.6 is 0 Å². The Morgan fingerprint density at radius 1 is 1.26 bits per heavy atom. The molecule has 0 aliphatic carbocycles. The summed E-state index contributed by atoms with van der Waals surface area (Å²) in [7, 11) is 1.65. The molecule has 0 unspecified atom stereocenters.